The lowest BCUT2D eigenvalue weighted by atomic mass is 9.82. The van der Waals surface area contributed by atoms with Crippen molar-refractivity contribution in [3.63, 3.8) is 0 Å². The smallest absolute Gasteiger partial charge is 0.422 e. The van der Waals surface area contributed by atoms with Crippen LogP contribution in [0.4, 0.5) is 32.2 Å². The molecule has 0 saturated heterocycles. The maximum Gasteiger partial charge on any atom is 0.422 e. The predicted molar refractivity (Wildman–Crippen MR) is 130 cm³/mol. The van der Waals surface area contributed by atoms with Crippen molar-refractivity contribution in [3.05, 3.63) is 40.6 Å². The Labute approximate surface area is 225 Å². The second-order valence-corrected chi connectivity index (χ2v) is 12.2. The summed E-state index contributed by atoms with van der Waals surface area (Å²) in [5, 5.41) is 9.71. The minimum absolute atomic E-state index is 0.0192. The van der Waals surface area contributed by atoms with Gasteiger partial charge in [-0.05, 0) is 48.9 Å². The van der Waals surface area contributed by atoms with E-state index < -0.39 is 58.3 Å². The normalized spacial score (nSPS) is 18.8. The molecule has 1 aliphatic heterocycles. The van der Waals surface area contributed by atoms with Gasteiger partial charge in [-0.25, -0.2) is 13.1 Å². The molecule has 4 rings (SSSR count). The SMILES string of the molecule is CS(=O)(=O)CC(=O)Nc1c2c(nn1CCCCC(F)(F)F)C[C@]1(CCc3cc(OCC(F)(F)F)ccc31)NC2=O. The summed E-state index contributed by atoms with van der Waals surface area (Å²) in [6.45, 7) is -1.53. The summed E-state index contributed by atoms with van der Waals surface area (Å²) in [6.07, 6.45) is -8.30. The Balaban J connectivity index is 1.62. The molecule has 1 spiro atoms. The Kier molecular flexibility index (Phi) is 7.86. The van der Waals surface area contributed by atoms with Crippen LogP contribution in [0.25, 0.3) is 0 Å². The fourth-order valence-electron chi connectivity index (χ4n) is 5.06. The number of nitrogens with one attached hydrogen (secondary N) is 2. The third kappa shape index (κ3) is 7.06. The number of ether oxygens (including phenoxy) is 1. The monoisotopic (exact) mass is 596 g/mol. The van der Waals surface area contributed by atoms with Crippen LogP contribution < -0.4 is 15.4 Å². The number of fused-ring (bicyclic) bond motifs is 3. The summed E-state index contributed by atoms with van der Waals surface area (Å²) >= 11 is 0. The van der Waals surface area contributed by atoms with Gasteiger partial charge in [0.1, 0.15) is 22.9 Å². The van der Waals surface area contributed by atoms with Gasteiger partial charge in [-0.2, -0.15) is 31.4 Å². The highest BCUT2D eigenvalue weighted by Crippen LogP contribution is 2.44. The number of carbonyl (C=O) groups is 2. The minimum atomic E-state index is -4.51. The number of halogens is 6. The molecule has 2 aromatic rings. The zero-order chi connectivity index (χ0) is 29.5. The standard InChI is InChI=1S/C24H26F6N4O5S/c1-40(37,38)12-18(35)31-20-19-17(33-34(20)9-3-2-7-23(25,26)27)11-22(32-21(19)36)8-6-14-10-15(4-5-16(14)22)39-13-24(28,29)30/h4-5,10H,2-3,6-9,11-13H2,1H3,(H,31,35)(H,32,36)/t22-/m0/s1. The van der Waals surface area contributed by atoms with Crippen LogP contribution in [-0.4, -0.2) is 61.0 Å². The predicted octanol–water partition coefficient (Wildman–Crippen LogP) is 3.67. The van der Waals surface area contributed by atoms with Crippen molar-refractivity contribution in [2.45, 2.75) is 63.0 Å². The summed E-state index contributed by atoms with van der Waals surface area (Å²) in [5.41, 5.74) is 0.608. The van der Waals surface area contributed by atoms with Crippen LogP contribution in [0.3, 0.4) is 0 Å². The number of aryl methyl sites for hydroxylation is 2. The van der Waals surface area contributed by atoms with Gasteiger partial charge in [0.2, 0.25) is 5.91 Å². The number of nitrogens with zero attached hydrogens (tertiary/aromatic N) is 2. The average molecular weight is 597 g/mol. The van der Waals surface area contributed by atoms with Gasteiger partial charge < -0.3 is 15.4 Å². The number of anilines is 1. The summed E-state index contributed by atoms with van der Waals surface area (Å²) in [5.74, 6) is -2.54. The molecule has 0 radical (unpaired) electrons. The van der Waals surface area contributed by atoms with Crippen LogP contribution in [0.15, 0.2) is 18.2 Å². The lowest BCUT2D eigenvalue weighted by Crippen LogP contribution is -2.49. The molecule has 0 saturated carbocycles. The van der Waals surface area contributed by atoms with Gasteiger partial charge in [0, 0.05) is 25.6 Å². The van der Waals surface area contributed by atoms with Gasteiger partial charge in [-0.1, -0.05) is 6.07 Å². The summed E-state index contributed by atoms with van der Waals surface area (Å²) in [7, 11) is -3.72. The lowest BCUT2D eigenvalue weighted by Gasteiger charge is -2.35. The van der Waals surface area contributed by atoms with Gasteiger partial charge in [-0.15, -0.1) is 0 Å². The van der Waals surface area contributed by atoms with E-state index in [0.29, 0.717) is 24.0 Å². The number of benzene rings is 1. The third-order valence-corrected chi connectivity index (χ3v) is 7.41. The van der Waals surface area contributed by atoms with E-state index >= 15 is 0 Å². The van der Waals surface area contributed by atoms with E-state index in [1.54, 1.807) is 6.07 Å². The lowest BCUT2D eigenvalue weighted by molar-refractivity contribution is -0.153. The summed E-state index contributed by atoms with van der Waals surface area (Å²) < 4.78 is 105. The van der Waals surface area contributed by atoms with Gasteiger partial charge in [0.05, 0.1) is 11.2 Å². The first-order valence-corrected chi connectivity index (χ1v) is 14.3. The molecule has 2 amide bonds. The quantitative estimate of drug-likeness (QED) is 0.337. The van der Waals surface area contributed by atoms with E-state index in [2.05, 4.69) is 15.7 Å². The van der Waals surface area contributed by atoms with Crippen molar-refractivity contribution in [3.8, 4) is 5.75 Å². The number of carbonyl (C=O) groups excluding carboxylic acids is 2. The molecule has 220 valence electrons. The molecule has 0 unspecified atom stereocenters. The number of rotatable bonds is 9. The Bertz CT molecular complexity index is 1420. The van der Waals surface area contributed by atoms with E-state index in [-0.39, 0.29) is 48.6 Å². The first-order chi connectivity index (χ1) is 18.4. The highest BCUT2D eigenvalue weighted by atomic mass is 32.2. The first kappa shape index (κ1) is 29.7. The molecule has 1 aromatic heterocycles. The van der Waals surface area contributed by atoms with Crippen LogP contribution in [0.2, 0.25) is 0 Å². The van der Waals surface area contributed by atoms with Crippen molar-refractivity contribution >= 4 is 27.5 Å². The van der Waals surface area contributed by atoms with Crippen LogP contribution >= 0.6 is 0 Å². The molecule has 0 fully saturated rings. The van der Waals surface area contributed by atoms with Crippen molar-refractivity contribution in [2.75, 3.05) is 23.9 Å². The Morgan fingerprint density at radius 1 is 1.18 bits per heavy atom. The van der Waals surface area contributed by atoms with Crippen molar-refractivity contribution in [1.82, 2.24) is 15.1 Å². The molecule has 2 aliphatic rings. The van der Waals surface area contributed by atoms with Gasteiger partial charge >= 0.3 is 12.4 Å². The largest absolute Gasteiger partial charge is 0.484 e. The highest BCUT2D eigenvalue weighted by molar-refractivity contribution is 7.91. The van der Waals surface area contributed by atoms with Crippen molar-refractivity contribution < 1.29 is 49.1 Å². The number of sulfone groups is 1. The number of hydrogen-bond donors (Lipinski definition) is 2. The van der Waals surface area contributed by atoms with Crippen molar-refractivity contribution in [1.29, 1.82) is 0 Å². The van der Waals surface area contributed by atoms with Crippen LogP contribution in [0.1, 0.15) is 52.9 Å². The number of aromatic nitrogens is 2. The maximum absolute atomic E-state index is 13.4. The van der Waals surface area contributed by atoms with Gasteiger partial charge in [-0.3, -0.25) is 9.59 Å². The summed E-state index contributed by atoms with van der Waals surface area (Å²) in [6, 6.07) is 4.42. The number of hydrogen-bond acceptors (Lipinski definition) is 6. The van der Waals surface area contributed by atoms with E-state index in [9.17, 15) is 44.3 Å². The Morgan fingerprint density at radius 2 is 1.90 bits per heavy atom. The molecular weight excluding hydrogens is 570 g/mol. The fraction of sp³-hybridized carbons (Fsp3) is 0.542. The van der Waals surface area contributed by atoms with Gasteiger partial charge in [0.15, 0.2) is 16.4 Å². The average Bonchev–Trinajstić information content (AvgIpc) is 3.31. The topological polar surface area (TPSA) is 119 Å². The maximum atomic E-state index is 13.4. The van der Waals surface area contributed by atoms with E-state index in [0.717, 1.165) is 6.26 Å². The second-order valence-electron chi connectivity index (χ2n) is 10.0. The zero-order valence-corrected chi connectivity index (χ0v) is 22.0. The molecule has 2 heterocycles. The molecule has 1 aliphatic carbocycles. The molecule has 40 heavy (non-hydrogen) atoms. The Hall–Kier alpha value is -3.30. The van der Waals surface area contributed by atoms with Crippen LogP contribution in [0.5, 0.6) is 5.75 Å². The zero-order valence-electron chi connectivity index (χ0n) is 21.2. The molecule has 0 bridgehead atoms. The number of unbranched alkanes of at least 4 members (excludes halogenated alkanes) is 1. The first-order valence-electron chi connectivity index (χ1n) is 12.2. The third-order valence-electron chi connectivity index (χ3n) is 6.62. The fourth-order valence-corrected chi connectivity index (χ4v) is 5.61. The minimum Gasteiger partial charge on any atom is -0.484 e. The molecule has 9 nitrogen and oxygen atoms in total. The van der Waals surface area contributed by atoms with Crippen molar-refractivity contribution in [2.24, 2.45) is 0 Å². The molecule has 1 atom stereocenters. The van der Waals surface area contributed by atoms with Gasteiger partial charge in [0.25, 0.3) is 5.91 Å². The molecular formula is C24H26F6N4O5S. The highest BCUT2D eigenvalue weighted by Gasteiger charge is 2.46. The van der Waals surface area contributed by atoms with E-state index in [1.807, 2.05) is 0 Å². The summed E-state index contributed by atoms with van der Waals surface area (Å²) in [4.78, 5) is 25.8. The van der Waals surface area contributed by atoms with E-state index in [1.165, 1.54) is 16.8 Å². The van der Waals surface area contributed by atoms with Crippen LogP contribution in [-0.2, 0) is 39.6 Å². The number of alkyl halides is 6. The molecule has 2 N–H and O–H groups in total. The van der Waals surface area contributed by atoms with E-state index in [4.69, 9.17) is 4.74 Å². The second kappa shape index (κ2) is 10.6. The molecule has 1 aromatic carbocycles. The van der Waals surface area contributed by atoms with Crippen LogP contribution in [0, 0.1) is 0 Å². The molecule has 16 heteroatoms. The number of amides is 2. The Morgan fingerprint density at radius 3 is 2.55 bits per heavy atom.